The predicted molar refractivity (Wildman–Crippen MR) is 79.4 cm³/mol. The molecule has 0 aliphatic rings. The molecule has 0 spiro atoms. The highest BCUT2D eigenvalue weighted by Crippen LogP contribution is 2.30. The zero-order chi connectivity index (χ0) is 14.1. The Bertz CT molecular complexity index is 754. The molecule has 0 aliphatic carbocycles. The maximum Gasteiger partial charge on any atom is 0.134 e. The molecule has 3 rings (SSSR count). The Morgan fingerprint density at radius 2 is 2.15 bits per heavy atom. The van der Waals surface area contributed by atoms with Gasteiger partial charge in [-0.25, -0.2) is 5.43 Å². The molecule has 4 nitrogen and oxygen atoms in total. The van der Waals surface area contributed by atoms with Crippen molar-refractivity contribution < 1.29 is 4.42 Å². The van der Waals surface area contributed by atoms with Crippen LogP contribution >= 0.6 is 11.6 Å². The van der Waals surface area contributed by atoms with Gasteiger partial charge in [0.05, 0.1) is 0 Å². The molecule has 0 saturated carbocycles. The number of hydrogen-bond donors (Lipinski definition) is 2. The minimum absolute atomic E-state index is 0.241. The van der Waals surface area contributed by atoms with E-state index in [1.165, 1.54) is 0 Å². The summed E-state index contributed by atoms with van der Waals surface area (Å²) in [6.45, 7) is 2.01. The van der Waals surface area contributed by atoms with E-state index in [1.54, 1.807) is 18.5 Å². The lowest BCUT2D eigenvalue weighted by Gasteiger charge is -2.15. The maximum atomic E-state index is 5.99. The first-order valence-corrected chi connectivity index (χ1v) is 6.62. The van der Waals surface area contributed by atoms with Crippen molar-refractivity contribution in [1.82, 2.24) is 10.4 Å². The second-order valence-electron chi connectivity index (χ2n) is 4.66. The van der Waals surface area contributed by atoms with E-state index in [0.29, 0.717) is 5.02 Å². The number of furan rings is 1. The minimum Gasteiger partial charge on any atom is -0.459 e. The van der Waals surface area contributed by atoms with E-state index in [1.807, 2.05) is 31.2 Å². The average Bonchev–Trinajstić information content (AvgIpc) is 2.84. The number of nitrogens with one attached hydrogen (secondary N) is 1. The fraction of sp³-hybridized carbons (Fsp3) is 0.133. The zero-order valence-corrected chi connectivity index (χ0v) is 11.7. The number of halogens is 1. The second kappa shape index (κ2) is 5.25. The minimum atomic E-state index is -0.241. The van der Waals surface area contributed by atoms with Gasteiger partial charge in [0.25, 0.3) is 0 Å². The quantitative estimate of drug-likeness (QED) is 0.573. The molecular formula is C15H14ClN3O. The number of benzene rings is 1. The van der Waals surface area contributed by atoms with Crippen LogP contribution in [-0.4, -0.2) is 4.98 Å². The molecule has 0 radical (unpaired) electrons. The summed E-state index contributed by atoms with van der Waals surface area (Å²) in [6, 6.07) is 9.17. The molecule has 0 bridgehead atoms. The van der Waals surface area contributed by atoms with E-state index in [9.17, 15) is 0 Å². The summed E-state index contributed by atoms with van der Waals surface area (Å²) < 4.78 is 5.86. The van der Waals surface area contributed by atoms with Crippen LogP contribution in [0.5, 0.6) is 0 Å². The van der Waals surface area contributed by atoms with E-state index >= 15 is 0 Å². The first kappa shape index (κ1) is 13.1. The fourth-order valence-corrected chi connectivity index (χ4v) is 2.46. The highest BCUT2D eigenvalue weighted by Gasteiger charge is 2.19. The van der Waals surface area contributed by atoms with Crippen LogP contribution in [0.1, 0.15) is 22.9 Å². The van der Waals surface area contributed by atoms with Gasteiger partial charge in [0.15, 0.2) is 0 Å². The van der Waals surface area contributed by atoms with E-state index < -0.39 is 0 Å². The van der Waals surface area contributed by atoms with Crippen LogP contribution in [0.15, 0.2) is 47.1 Å². The van der Waals surface area contributed by atoms with Crippen LogP contribution in [0.4, 0.5) is 0 Å². The van der Waals surface area contributed by atoms with E-state index in [0.717, 1.165) is 27.9 Å². The summed E-state index contributed by atoms with van der Waals surface area (Å²) in [5, 5.41) is 1.63. The summed E-state index contributed by atoms with van der Waals surface area (Å²) in [5.41, 5.74) is 5.65. The van der Waals surface area contributed by atoms with E-state index in [-0.39, 0.29) is 6.04 Å². The number of aryl methyl sites for hydroxylation is 1. The van der Waals surface area contributed by atoms with Gasteiger partial charge in [-0.3, -0.25) is 10.8 Å². The van der Waals surface area contributed by atoms with Crippen LogP contribution in [-0.2, 0) is 0 Å². The van der Waals surface area contributed by atoms with Crippen LogP contribution in [0.3, 0.4) is 0 Å². The zero-order valence-electron chi connectivity index (χ0n) is 10.9. The Hall–Kier alpha value is -1.88. The lowest BCUT2D eigenvalue weighted by molar-refractivity contribution is 0.475. The summed E-state index contributed by atoms with van der Waals surface area (Å²) in [5.74, 6) is 6.43. The van der Waals surface area contributed by atoms with Gasteiger partial charge in [-0.1, -0.05) is 11.6 Å². The first-order chi connectivity index (χ1) is 9.69. The standard InChI is InChI=1S/C15H14ClN3O/c1-9-4-5-18-8-12(9)15(19-17)14-7-10-6-11(16)2-3-13(10)20-14/h2-8,15,19H,17H2,1H3. The highest BCUT2D eigenvalue weighted by atomic mass is 35.5. The van der Waals surface area contributed by atoms with Crippen molar-refractivity contribution in [3.63, 3.8) is 0 Å². The van der Waals surface area contributed by atoms with Crippen LogP contribution in [0.25, 0.3) is 11.0 Å². The number of aromatic nitrogens is 1. The Labute approximate surface area is 121 Å². The van der Waals surface area contributed by atoms with Crippen molar-refractivity contribution >= 4 is 22.6 Å². The van der Waals surface area contributed by atoms with Crippen molar-refractivity contribution in [1.29, 1.82) is 0 Å². The maximum absolute atomic E-state index is 5.99. The van der Waals surface area contributed by atoms with Crippen molar-refractivity contribution in [3.8, 4) is 0 Å². The van der Waals surface area contributed by atoms with Gasteiger partial charge in [0, 0.05) is 22.8 Å². The second-order valence-corrected chi connectivity index (χ2v) is 5.10. The highest BCUT2D eigenvalue weighted by molar-refractivity contribution is 6.31. The third-order valence-electron chi connectivity index (χ3n) is 3.34. The summed E-state index contributed by atoms with van der Waals surface area (Å²) in [4.78, 5) is 4.15. The lowest BCUT2D eigenvalue weighted by Crippen LogP contribution is -2.29. The molecule has 1 atom stereocenters. The van der Waals surface area contributed by atoms with Gasteiger partial charge >= 0.3 is 0 Å². The van der Waals surface area contributed by atoms with Gasteiger partial charge in [0.2, 0.25) is 0 Å². The van der Waals surface area contributed by atoms with Gasteiger partial charge in [0.1, 0.15) is 17.4 Å². The molecule has 3 N–H and O–H groups in total. The molecule has 1 aromatic carbocycles. The molecule has 3 aromatic rings. The summed E-state index contributed by atoms with van der Waals surface area (Å²) in [7, 11) is 0. The SMILES string of the molecule is Cc1ccncc1C(NN)c1cc2cc(Cl)ccc2o1. The number of nitrogens with two attached hydrogens (primary N) is 1. The Kier molecular flexibility index (Phi) is 3.44. The molecule has 102 valence electrons. The number of hydrazine groups is 1. The Balaban J connectivity index is 2.10. The van der Waals surface area contributed by atoms with Crippen LogP contribution < -0.4 is 11.3 Å². The number of nitrogens with zero attached hydrogens (tertiary/aromatic N) is 1. The van der Waals surface area contributed by atoms with Gasteiger partial charge < -0.3 is 4.42 Å². The van der Waals surface area contributed by atoms with Gasteiger partial charge in [-0.05, 0) is 48.4 Å². The normalized spacial score (nSPS) is 12.8. The molecule has 2 heterocycles. The van der Waals surface area contributed by atoms with Crippen LogP contribution in [0, 0.1) is 6.92 Å². The van der Waals surface area contributed by atoms with Gasteiger partial charge in [-0.15, -0.1) is 0 Å². The van der Waals surface area contributed by atoms with E-state index in [4.69, 9.17) is 21.9 Å². The molecular weight excluding hydrogens is 274 g/mol. The summed E-state index contributed by atoms with van der Waals surface area (Å²) in [6.07, 6.45) is 3.55. The Morgan fingerprint density at radius 3 is 2.90 bits per heavy atom. The lowest BCUT2D eigenvalue weighted by atomic mass is 10.0. The number of fused-ring (bicyclic) bond motifs is 1. The van der Waals surface area contributed by atoms with Gasteiger partial charge in [-0.2, -0.15) is 0 Å². The monoisotopic (exact) mass is 287 g/mol. The van der Waals surface area contributed by atoms with Crippen LogP contribution in [0.2, 0.25) is 5.02 Å². The van der Waals surface area contributed by atoms with Crippen molar-refractivity contribution in [2.75, 3.05) is 0 Å². The molecule has 0 aliphatic heterocycles. The molecule has 0 amide bonds. The molecule has 0 saturated heterocycles. The van der Waals surface area contributed by atoms with Crippen molar-refractivity contribution in [2.24, 2.45) is 5.84 Å². The fourth-order valence-electron chi connectivity index (χ4n) is 2.28. The van der Waals surface area contributed by atoms with E-state index in [2.05, 4.69) is 10.4 Å². The van der Waals surface area contributed by atoms with Crippen molar-refractivity contribution in [3.05, 3.63) is 64.6 Å². The molecule has 20 heavy (non-hydrogen) atoms. The molecule has 2 aromatic heterocycles. The number of hydrogen-bond acceptors (Lipinski definition) is 4. The molecule has 1 unspecified atom stereocenters. The Morgan fingerprint density at radius 1 is 1.30 bits per heavy atom. The third-order valence-corrected chi connectivity index (χ3v) is 3.57. The first-order valence-electron chi connectivity index (χ1n) is 6.24. The number of pyridine rings is 1. The third kappa shape index (κ3) is 2.29. The van der Waals surface area contributed by atoms with Crippen molar-refractivity contribution in [2.45, 2.75) is 13.0 Å². The number of rotatable bonds is 3. The molecule has 5 heteroatoms. The largest absolute Gasteiger partial charge is 0.459 e. The smallest absolute Gasteiger partial charge is 0.134 e. The predicted octanol–water partition coefficient (Wildman–Crippen LogP) is 3.34. The topological polar surface area (TPSA) is 64.1 Å². The average molecular weight is 288 g/mol. The molecule has 0 fully saturated rings. The summed E-state index contributed by atoms with van der Waals surface area (Å²) >= 11 is 5.99.